The molecular formula is C25H27N5O. The Bertz CT molecular complexity index is 1270. The molecule has 4 aromatic rings. The second kappa shape index (κ2) is 7.17. The van der Waals surface area contributed by atoms with Crippen LogP contribution in [0.25, 0.3) is 16.8 Å². The topological polar surface area (TPSA) is 66.5 Å². The molecule has 0 saturated carbocycles. The second-order valence-electron chi connectivity index (χ2n) is 8.93. The van der Waals surface area contributed by atoms with Crippen molar-refractivity contribution in [3.05, 3.63) is 71.6 Å². The van der Waals surface area contributed by atoms with E-state index in [1.807, 2.05) is 0 Å². The zero-order valence-electron chi connectivity index (χ0n) is 18.4. The van der Waals surface area contributed by atoms with E-state index in [4.69, 9.17) is 4.98 Å². The Balaban J connectivity index is 1.62. The van der Waals surface area contributed by atoms with Gasteiger partial charge in [0.25, 0.3) is 0 Å². The van der Waals surface area contributed by atoms with Gasteiger partial charge in [-0.1, -0.05) is 12.1 Å². The first-order valence-electron chi connectivity index (χ1n) is 10.7. The molecule has 1 aliphatic heterocycles. The number of benzene rings is 1. The number of fused-ring (bicyclic) bond motifs is 3. The standard InChI is InChI=1S/C25H27N5O/c1-16-7-8-17(2)21(12-16)29-11-5-6-20-23(29)30-15-18(9-10-22(30)28-20)19-13-26-24(27-14-19)25(3,4)31/h7-10,12-15,31H,5-6,11H2,1-4H3. The number of anilines is 2. The van der Waals surface area contributed by atoms with Crippen LogP contribution in [0.2, 0.25) is 0 Å². The van der Waals surface area contributed by atoms with E-state index in [0.717, 1.165) is 47.7 Å². The van der Waals surface area contributed by atoms with Crippen LogP contribution in [0.5, 0.6) is 0 Å². The van der Waals surface area contributed by atoms with Crippen LogP contribution in [0.4, 0.5) is 11.5 Å². The molecule has 0 radical (unpaired) electrons. The molecule has 0 atom stereocenters. The molecular weight excluding hydrogens is 386 g/mol. The van der Waals surface area contributed by atoms with Gasteiger partial charge in [0.05, 0.1) is 5.69 Å². The Morgan fingerprint density at radius 3 is 2.52 bits per heavy atom. The van der Waals surface area contributed by atoms with E-state index in [2.05, 4.69) is 69.6 Å². The van der Waals surface area contributed by atoms with E-state index in [1.54, 1.807) is 26.2 Å². The Morgan fingerprint density at radius 1 is 1.00 bits per heavy atom. The largest absolute Gasteiger partial charge is 0.382 e. The Hall–Kier alpha value is -3.25. The number of aromatic nitrogens is 4. The molecule has 0 fully saturated rings. The fraction of sp³-hybridized carbons (Fsp3) is 0.320. The highest BCUT2D eigenvalue weighted by atomic mass is 16.3. The van der Waals surface area contributed by atoms with Crippen LogP contribution >= 0.6 is 0 Å². The molecule has 1 N–H and O–H groups in total. The predicted molar refractivity (Wildman–Crippen MR) is 123 cm³/mol. The quantitative estimate of drug-likeness (QED) is 0.526. The number of aryl methyl sites for hydroxylation is 3. The molecule has 0 bridgehead atoms. The minimum absolute atomic E-state index is 0.415. The van der Waals surface area contributed by atoms with Gasteiger partial charge in [0.1, 0.15) is 17.1 Å². The van der Waals surface area contributed by atoms with Crippen molar-refractivity contribution in [1.29, 1.82) is 0 Å². The van der Waals surface area contributed by atoms with E-state index in [9.17, 15) is 5.11 Å². The van der Waals surface area contributed by atoms with Crippen molar-refractivity contribution in [2.45, 2.75) is 46.1 Å². The molecule has 3 aromatic heterocycles. The van der Waals surface area contributed by atoms with Crippen molar-refractivity contribution >= 4 is 17.2 Å². The lowest BCUT2D eigenvalue weighted by Crippen LogP contribution is -2.26. The van der Waals surface area contributed by atoms with E-state index < -0.39 is 5.60 Å². The number of pyridine rings is 1. The van der Waals surface area contributed by atoms with Crippen LogP contribution in [0, 0.1) is 13.8 Å². The Kier molecular flexibility index (Phi) is 4.55. The van der Waals surface area contributed by atoms with Gasteiger partial charge < -0.3 is 10.0 Å². The fourth-order valence-electron chi connectivity index (χ4n) is 4.25. The van der Waals surface area contributed by atoms with E-state index in [1.165, 1.54) is 16.8 Å². The summed E-state index contributed by atoms with van der Waals surface area (Å²) in [4.78, 5) is 16.1. The monoisotopic (exact) mass is 413 g/mol. The van der Waals surface area contributed by atoms with Gasteiger partial charge in [-0.15, -0.1) is 0 Å². The van der Waals surface area contributed by atoms with Gasteiger partial charge in [-0.25, -0.2) is 15.0 Å². The summed E-state index contributed by atoms with van der Waals surface area (Å²) in [5, 5.41) is 10.1. The van der Waals surface area contributed by atoms with Crippen molar-refractivity contribution in [2.75, 3.05) is 11.4 Å². The smallest absolute Gasteiger partial charge is 0.159 e. The lowest BCUT2D eigenvalue weighted by molar-refractivity contribution is 0.0687. The van der Waals surface area contributed by atoms with Crippen LogP contribution in [-0.2, 0) is 12.0 Å². The van der Waals surface area contributed by atoms with Gasteiger partial charge in [-0.2, -0.15) is 0 Å². The highest BCUT2D eigenvalue weighted by molar-refractivity contribution is 5.72. The molecule has 31 heavy (non-hydrogen) atoms. The third-order valence-corrected chi connectivity index (χ3v) is 5.90. The van der Waals surface area contributed by atoms with Crippen molar-refractivity contribution in [3.8, 4) is 11.1 Å². The first kappa shape index (κ1) is 19.7. The van der Waals surface area contributed by atoms with Gasteiger partial charge in [0.15, 0.2) is 5.82 Å². The third kappa shape index (κ3) is 3.47. The number of imidazole rings is 1. The predicted octanol–water partition coefficient (Wildman–Crippen LogP) is 4.72. The zero-order valence-corrected chi connectivity index (χ0v) is 18.4. The van der Waals surface area contributed by atoms with Crippen LogP contribution in [0.1, 0.15) is 42.9 Å². The van der Waals surface area contributed by atoms with Gasteiger partial charge in [-0.05, 0) is 69.9 Å². The summed E-state index contributed by atoms with van der Waals surface area (Å²) in [6.45, 7) is 8.65. The van der Waals surface area contributed by atoms with Gasteiger partial charge in [0.2, 0.25) is 0 Å². The summed E-state index contributed by atoms with van der Waals surface area (Å²) < 4.78 is 2.19. The lowest BCUT2D eigenvalue weighted by atomic mass is 10.1. The molecule has 4 heterocycles. The van der Waals surface area contributed by atoms with Crippen LogP contribution in [0.15, 0.2) is 48.9 Å². The van der Waals surface area contributed by atoms with Crippen LogP contribution in [-0.4, -0.2) is 31.0 Å². The number of aliphatic hydroxyl groups is 1. The molecule has 0 aliphatic carbocycles. The maximum absolute atomic E-state index is 10.1. The first-order valence-corrected chi connectivity index (χ1v) is 10.7. The summed E-state index contributed by atoms with van der Waals surface area (Å²) in [6, 6.07) is 10.7. The summed E-state index contributed by atoms with van der Waals surface area (Å²) in [5.41, 5.74) is 6.71. The maximum atomic E-state index is 10.1. The number of hydrogen-bond acceptors (Lipinski definition) is 5. The second-order valence-corrected chi connectivity index (χ2v) is 8.93. The summed E-state index contributed by atoms with van der Waals surface area (Å²) in [5.74, 6) is 1.56. The normalized spacial score (nSPS) is 14.2. The molecule has 158 valence electrons. The van der Waals surface area contributed by atoms with Crippen molar-refractivity contribution in [1.82, 2.24) is 19.4 Å². The Labute approximate surface area is 182 Å². The van der Waals surface area contributed by atoms with Crippen molar-refractivity contribution < 1.29 is 5.11 Å². The SMILES string of the molecule is Cc1ccc(C)c(N2CCCc3nc4ccc(-c5cnc(C(C)(C)O)nc5)cn4c32)c1. The molecule has 5 rings (SSSR count). The summed E-state index contributed by atoms with van der Waals surface area (Å²) in [6.07, 6.45) is 7.73. The summed E-state index contributed by atoms with van der Waals surface area (Å²) >= 11 is 0. The van der Waals surface area contributed by atoms with Crippen LogP contribution < -0.4 is 4.90 Å². The molecule has 6 heteroatoms. The zero-order chi connectivity index (χ0) is 21.8. The highest BCUT2D eigenvalue weighted by Gasteiger charge is 2.25. The molecule has 1 aromatic carbocycles. The molecule has 6 nitrogen and oxygen atoms in total. The summed E-state index contributed by atoms with van der Waals surface area (Å²) in [7, 11) is 0. The average molecular weight is 414 g/mol. The van der Waals surface area contributed by atoms with E-state index in [-0.39, 0.29) is 0 Å². The van der Waals surface area contributed by atoms with Crippen molar-refractivity contribution in [3.63, 3.8) is 0 Å². The lowest BCUT2D eigenvalue weighted by Gasteiger charge is -2.30. The fourth-order valence-corrected chi connectivity index (χ4v) is 4.25. The van der Waals surface area contributed by atoms with Crippen LogP contribution in [0.3, 0.4) is 0 Å². The first-order chi connectivity index (χ1) is 14.8. The maximum Gasteiger partial charge on any atom is 0.159 e. The van der Waals surface area contributed by atoms with E-state index in [0.29, 0.717) is 5.82 Å². The Morgan fingerprint density at radius 2 is 1.77 bits per heavy atom. The third-order valence-electron chi connectivity index (χ3n) is 5.90. The van der Waals surface area contributed by atoms with Crippen molar-refractivity contribution in [2.24, 2.45) is 0 Å². The minimum Gasteiger partial charge on any atom is -0.382 e. The average Bonchev–Trinajstić information content (AvgIpc) is 3.13. The molecule has 0 amide bonds. The molecule has 0 unspecified atom stereocenters. The molecule has 1 aliphatic rings. The highest BCUT2D eigenvalue weighted by Crippen LogP contribution is 2.37. The molecule has 0 spiro atoms. The van der Waals surface area contributed by atoms with Gasteiger partial charge in [-0.3, -0.25) is 4.40 Å². The molecule has 0 saturated heterocycles. The number of nitrogens with zero attached hydrogens (tertiary/aromatic N) is 5. The minimum atomic E-state index is -1.06. The van der Waals surface area contributed by atoms with Gasteiger partial charge >= 0.3 is 0 Å². The van der Waals surface area contributed by atoms with Gasteiger partial charge in [0, 0.05) is 41.9 Å². The number of rotatable bonds is 3. The number of hydrogen-bond donors (Lipinski definition) is 1. The van der Waals surface area contributed by atoms with E-state index >= 15 is 0 Å².